The van der Waals surface area contributed by atoms with Crippen LogP contribution in [0, 0.1) is 6.92 Å². The van der Waals surface area contributed by atoms with Crippen molar-refractivity contribution in [1.82, 2.24) is 15.5 Å². The summed E-state index contributed by atoms with van der Waals surface area (Å²) in [5.41, 5.74) is 2.44. The smallest absolute Gasteiger partial charge is 0.318 e. The van der Waals surface area contributed by atoms with Crippen LogP contribution in [0.1, 0.15) is 17.2 Å². The van der Waals surface area contributed by atoms with Crippen LogP contribution in [0.2, 0.25) is 0 Å². The topological polar surface area (TPSA) is 44.4 Å². The van der Waals surface area contributed by atoms with Crippen molar-refractivity contribution in [3.8, 4) is 0 Å². The lowest BCUT2D eigenvalue weighted by atomic mass is 10.0. The fourth-order valence-electron chi connectivity index (χ4n) is 2.44. The molecular weight excluding hydrogens is 214 g/mol. The molecule has 2 aliphatic heterocycles. The molecule has 0 aromatic heterocycles. The van der Waals surface area contributed by atoms with Crippen molar-refractivity contribution in [2.45, 2.75) is 19.0 Å². The monoisotopic (exact) mass is 231 g/mol. The summed E-state index contributed by atoms with van der Waals surface area (Å²) >= 11 is 0. The molecule has 1 atom stereocenters. The van der Waals surface area contributed by atoms with Gasteiger partial charge >= 0.3 is 6.03 Å². The molecule has 2 amide bonds. The summed E-state index contributed by atoms with van der Waals surface area (Å²) in [5, 5.41) is 6.26. The summed E-state index contributed by atoms with van der Waals surface area (Å²) in [7, 11) is 0. The van der Waals surface area contributed by atoms with Crippen LogP contribution in [-0.4, -0.2) is 36.6 Å². The number of rotatable bonds is 2. The van der Waals surface area contributed by atoms with Crippen LogP contribution in [0.4, 0.5) is 4.79 Å². The Morgan fingerprint density at radius 3 is 2.82 bits per heavy atom. The third-order valence-electron chi connectivity index (χ3n) is 3.58. The molecule has 4 heteroatoms. The van der Waals surface area contributed by atoms with Gasteiger partial charge in [-0.15, -0.1) is 0 Å². The van der Waals surface area contributed by atoms with Crippen LogP contribution in [-0.2, 0) is 0 Å². The summed E-state index contributed by atoms with van der Waals surface area (Å²) in [6, 6.07) is 8.95. The standard InChI is InChI=1S/C13H17N3O/c1-9-3-2-4-10(5-9)12-8-16(13(17)15-12)11-6-14-7-11/h2-5,11-12,14H,6-8H2,1H3,(H,15,17). The molecular formula is C13H17N3O. The zero-order chi connectivity index (χ0) is 11.8. The number of nitrogens with zero attached hydrogens (tertiary/aromatic N) is 1. The van der Waals surface area contributed by atoms with E-state index in [1.54, 1.807) is 0 Å². The average Bonchev–Trinajstić information content (AvgIpc) is 2.59. The molecule has 0 aliphatic carbocycles. The zero-order valence-electron chi connectivity index (χ0n) is 9.94. The first kappa shape index (κ1) is 10.6. The Labute approximate surface area is 101 Å². The summed E-state index contributed by atoms with van der Waals surface area (Å²) in [4.78, 5) is 13.8. The number of amides is 2. The zero-order valence-corrected chi connectivity index (χ0v) is 9.94. The third kappa shape index (κ3) is 1.89. The SMILES string of the molecule is Cc1cccc(C2CN(C3CNC3)C(=O)N2)c1. The van der Waals surface area contributed by atoms with Gasteiger partial charge in [0.2, 0.25) is 0 Å². The molecule has 0 spiro atoms. The minimum Gasteiger partial charge on any atom is -0.329 e. The van der Waals surface area contributed by atoms with Gasteiger partial charge in [0, 0.05) is 19.6 Å². The van der Waals surface area contributed by atoms with E-state index in [4.69, 9.17) is 0 Å². The van der Waals surface area contributed by atoms with Crippen molar-refractivity contribution < 1.29 is 4.79 Å². The Morgan fingerprint density at radius 1 is 1.35 bits per heavy atom. The van der Waals surface area contributed by atoms with E-state index >= 15 is 0 Å². The first-order valence-electron chi connectivity index (χ1n) is 6.08. The number of benzene rings is 1. The molecule has 2 heterocycles. The van der Waals surface area contributed by atoms with E-state index in [9.17, 15) is 4.79 Å². The largest absolute Gasteiger partial charge is 0.329 e. The lowest BCUT2D eigenvalue weighted by molar-refractivity contribution is 0.172. The maximum absolute atomic E-state index is 11.9. The van der Waals surface area contributed by atoms with E-state index in [0.717, 1.165) is 19.6 Å². The normalized spacial score (nSPS) is 24.6. The van der Waals surface area contributed by atoms with E-state index in [1.807, 2.05) is 11.0 Å². The molecule has 1 aromatic carbocycles. The highest BCUT2D eigenvalue weighted by atomic mass is 16.2. The molecule has 0 saturated carbocycles. The van der Waals surface area contributed by atoms with Gasteiger partial charge < -0.3 is 15.5 Å². The Hall–Kier alpha value is -1.55. The first-order chi connectivity index (χ1) is 8.24. The third-order valence-corrected chi connectivity index (χ3v) is 3.58. The second-order valence-electron chi connectivity index (χ2n) is 4.88. The van der Waals surface area contributed by atoms with E-state index in [2.05, 4.69) is 35.8 Å². The van der Waals surface area contributed by atoms with Gasteiger partial charge in [0.05, 0.1) is 12.1 Å². The number of nitrogens with one attached hydrogen (secondary N) is 2. The predicted molar refractivity (Wildman–Crippen MR) is 65.8 cm³/mol. The van der Waals surface area contributed by atoms with E-state index in [0.29, 0.717) is 6.04 Å². The van der Waals surface area contributed by atoms with Gasteiger partial charge in [0.25, 0.3) is 0 Å². The number of hydrogen-bond donors (Lipinski definition) is 2. The van der Waals surface area contributed by atoms with Crippen LogP contribution in [0.5, 0.6) is 0 Å². The van der Waals surface area contributed by atoms with Crippen LogP contribution in [0.3, 0.4) is 0 Å². The van der Waals surface area contributed by atoms with Crippen molar-refractivity contribution in [2.75, 3.05) is 19.6 Å². The molecule has 0 radical (unpaired) electrons. The molecule has 90 valence electrons. The summed E-state index contributed by atoms with van der Waals surface area (Å²) in [6.45, 7) is 4.71. The average molecular weight is 231 g/mol. The van der Waals surface area contributed by atoms with Gasteiger partial charge in [-0.05, 0) is 12.5 Å². The Morgan fingerprint density at radius 2 is 2.18 bits per heavy atom. The highest BCUT2D eigenvalue weighted by Gasteiger charge is 2.36. The number of carbonyl (C=O) groups excluding carboxylic acids is 1. The predicted octanol–water partition coefficient (Wildman–Crippen LogP) is 1.03. The molecule has 17 heavy (non-hydrogen) atoms. The molecule has 2 fully saturated rings. The maximum Gasteiger partial charge on any atom is 0.318 e. The Bertz CT molecular complexity index is 442. The van der Waals surface area contributed by atoms with Crippen LogP contribution >= 0.6 is 0 Å². The van der Waals surface area contributed by atoms with Gasteiger partial charge in [-0.2, -0.15) is 0 Å². The second-order valence-corrected chi connectivity index (χ2v) is 4.88. The van der Waals surface area contributed by atoms with Crippen molar-refractivity contribution >= 4 is 6.03 Å². The number of hydrogen-bond acceptors (Lipinski definition) is 2. The molecule has 1 unspecified atom stereocenters. The maximum atomic E-state index is 11.9. The Balaban J connectivity index is 1.76. The van der Waals surface area contributed by atoms with Gasteiger partial charge in [-0.25, -0.2) is 4.79 Å². The first-order valence-corrected chi connectivity index (χ1v) is 6.08. The summed E-state index contributed by atoms with van der Waals surface area (Å²) < 4.78 is 0. The number of aryl methyl sites for hydroxylation is 1. The molecule has 4 nitrogen and oxygen atoms in total. The lowest BCUT2D eigenvalue weighted by Crippen LogP contribution is -2.57. The second kappa shape index (κ2) is 4.04. The fraction of sp³-hybridized carbons (Fsp3) is 0.462. The van der Waals surface area contributed by atoms with E-state index in [-0.39, 0.29) is 12.1 Å². The van der Waals surface area contributed by atoms with Gasteiger partial charge in [0.1, 0.15) is 0 Å². The Kier molecular flexibility index (Phi) is 2.52. The lowest BCUT2D eigenvalue weighted by Gasteiger charge is -2.34. The highest BCUT2D eigenvalue weighted by Crippen LogP contribution is 2.23. The molecule has 2 saturated heterocycles. The summed E-state index contributed by atoms with van der Waals surface area (Å²) in [5.74, 6) is 0. The van der Waals surface area contributed by atoms with E-state index in [1.165, 1.54) is 11.1 Å². The molecule has 3 rings (SSSR count). The van der Waals surface area contributed by atoms with Crippen molar-refractivity contribution in [3.05, 3.63) is 35.4 Å². The fourth-order valence-corrected chi connectivity index (χ4v) is 2.44. The number of urea groups is 1. The van der Waals surface area contributed by atoms with Crippen LogP contribution in [0.15, 0.2) is 24.3 Å². The molecule has 1 aromatic rings. The quantitative estimate of drug-likeness (QED) is 0.798. The van der Waals surface area contributed by atoms with Crippen molar-refractivity contribution in [3.63, 3.8) is 0 Å². The van der Waals surface area contributed by atoms with Gasteiger partial charge in [-0.1, -0.05) is 29.8 Å². The van der Waals surface area contributed by atoms with Crippen LogP contribution in [0.25, 0.3) is 0 Å². The van der Waals surface area contributed by atoms with Crippen molar-refractivity contribution in [2.24, 2.45) is 0 Å². The van der Waals surface area contributed by atoms with Crippen LogP contribution < -0.4 is 10.6 Å². The molecule has 0 bridgehead atoms. The minimum absolute atomic E-state index is 0.0722. The molecule has 2 N–H and O–H groups in total. The van der Waals surface area contributed by atoms with Gasteiger partial charge in [0.15, 0.2) is 0 Å². The van der Waals surface area contributed by atoms with Gasteiger partial charge in [-0.3, -0.25) is 0 Å². The minimum atomic E-state index is 0.0722. The van der Waals surface area contributed by atoms with E-state index < -0.39 is 0 Å². The highest BCUT2D eigenvalue weighted by molar-refractivity contribution is 5.77. The summed E-state index contributed by atoms with van der Waals surface area (Å²) in [6.07, 6.45) is 0. The molecule has 2 aliphatic rings. The van der Waals surface area contributed by atoms with Crippen molar-refractivity contribution in [1.29, 1.82) is 0 Å². The number of carbonyl (C=O) groups is 1.